The van der Waals surface area contributed by atoms with Crippen LogP contribution in [-0.2, 0) is 18.5 Å². The third kappa shape index (κ3) is 3.42. The topological polar surface area (TPSA) is 52.6 Å². The van der Waals surface area contributed by atoms with Crippen LogP contribution < -0.4 is 0 Å². The summed E-state index contributed by atoms with van der Waals surface area (Å²) in [4.78, 5) is 0. The van der Waals surface area contributed by atoms with E-state index in [0.29, 0.717) is 13.0 Å². The van der Waals surface area contributed by atoms with Crippen LogP contribution in [0, 0.1) is 0 Å². The summed E-state index contributed by atoms with van der Waals surface area (Å²) in [6.45, 7) is 0.856. The Morgan fingerprint density at radius 2 is 2.31 bits per heavy atom. The van der Waals surface area contributed by atoms with Gasteiger partial charge in [0.1, 0.15) is 5.60 Å². The maximum Gasteiger partial charge on any atom is 0.235 e. The Morgan fingerprint density at radius 1 is 1.62 bits per heavy atom. The number of hydrogen-bond donors (Lipinski definition) is 0. The predicted octanol–water partition coefficient (Wildman–Crippen LogP) is 0.751. The highest BCUT2D eigenvalue weighted by Crippen LogP contribution is 2.28. The molecule has 1 aliphatic heterocycles. The quantitative estimate of drug-likeness (QED) is 0.667. The van der Waals surface area contributed by atoms with Gasteiger partial charge in [0.2, 0.25) is 9.05 Å². The van der Waals surface area contributed by atoms with Crippen LogP contribution in [0.1, 0.15) is 12.8 Å². The summed E-state index contributed by atoms with van der Waals surface area (Å²) in [7, 11) is 3.17. The zero-order valence-corrected chi connectivity index (χ0v) is 9.03. The van der Waals surface area contributed by atoms with Gasteiger partial charge in [-0.15, -0.1) is 0 Å². The van der Waals surface area contributed by atoms with Crippen LogP contribution >= 0.6 is 10.7 Å². The first kappa shape index (κ1) is 11.2. The summed E-state index contributed by atoms with van der Waals surface area (Å²) in [5.41, 5.74) is -0.713. The molecule has 6 heteroatoms. The summed E-state index contributed by atoms with van der Waals surface area (Å²) in [5, 5.41) is 0. The predicted molar refractivity (Wildman–Crippen MR) is 49.4 cm³/mol. The van der Waals surface area contributed by atoms with Gasteiger partial charge in [-0.05, 0) is 12.8 Å². The fourth-order valence-corrected chi connectivity index (χ4v) is 3.14. The lowest BCUT2D eigenvalue weighted by atomic mass is 10.0. The molecule has 0 N–H and O–H groups in total. The molecule has 0 aromatic rings. The molecule has 0 bridgehead atoms. The molecule has 1 atom stereocenters. The lowest BCUT2D eigenvalue weighted by Gasteiger charge is -2.25. The summed E-state index contributed by atoms with van der Waals surface area (Å²) >= 11 is 0. The molecule has 0 aromatic heterocycles. The largest absolute Gasteiger partial charge is 0.382 e. The summed E-state index contributed by atoms with van der Waals surface area (Å²) in [6, 6.07) is 0. The van der Waals surface area contributed by atoms with Crippen molar-refractivity contribution in [3.05, 3.63) is 0 Å². The van der Waals surface area contributed by atoms with Gasteiger partial charge in [-0.25, -0.2) is 8.42 Å². The second-order valence-corrected chi connectivity index (χ2v) is 6.03. The molecule has 0 saturated carbocycles. The van der Waals surface area contributed by atoms with Gasteiger partial charge in [-0.3, -0.25) is 0 Å². The van der Waals surface area contributed by atoms with Crippen molar-refractivity contribution in [3.63, 3.8) is 0 Å². The highest BCUT2D eigenvalue weighted by atomic mass is 35.7. The van der Waals surface area contributed by atoms with E-state index in [9.17, 15) is 8.42 Å². The van der Waals surface area contributed by atoms with E-state index in [1.165, 1.54) is 7.11 Å². The third-order valence-corrected chi connectivity index (χ3v) is 3.23. The Morgan fingerprint density at radius 3 is 2.69 bits per heavy atom. The average molecular weight is 229 g/mol. The van der Waals surface area contributed by atoms with E-state index in [-0.39, 0.29) is 12.4 Å². The van der Waals surface area contributed by atoms with E-state index in [2.05, 4.69) is 0 Å². The van der Waals surface area contributed by atoms with Gasteiger partial charge >= 0.3 is 0 Å². The van der Waals surface area contributed by atoms with Gasteiger partial charge in [0.05, 0.1) is 12.4 Å². The highest BCUT2D eigenvalue weighted by molar-refractivity contribution is 8.13. The summed E-state index contributed by atoms with van der Waals surface area (Å²) in [6.07, 6.45) is 1.54. The maximum atomic E-state index is 10.9. The molecule has 1 heterocycles. The van der Waals surface area contributed by atoms with Crippen molar-refractivity contribution in [2.24, 2.45) is 0 Å². The third-order valence-electron chi connectivity index (χ3n) is 2.03. The van der Waals surface area contributed by atoms with Gasteiger partial charge in [-0.2, -0.15) is 0 Å². The van der Waals surface area contributed by atoms with E-state index in [1.807, 2.05) is 0 Å². The minimum absolute atomic E-state index is 0.171. The first-order valence-corrected chi connectivity index (χ1v) is 6.51. The van der Waals surface area contributed by atoms with Crippen LogP contribution in [0.2, 0.25) is 0 Å². The minimum Gasteiger partial charge on any atom is -0.382 e. The summed E-state index contributed by atoms with van der Waals surface area (Å²) in [5.74, 6) is -0.171. The Bertz CT molecular complexity index is 256. The van der Waals surface area contributed by atoms with Crippen molar-refractivity contribution < 1.29 is 17.9 Å². The molecule has 13 heavy (non-hydrogen) atoms. The molecule has 4 nitrogen and oxygen atoms in total. The molecule has 1 rings (SSSR count). The van der Waals surface area contributed by atoms with Crippen molar-refractivity contribution in [1.82, 2.24) is 0 Å². The van der Waals surface area contributed by atoms with Crippen LogP contribution in [0.15, 0.2) is 0 Å². The van der Waals surface area contributed by atoms with Gasteiger partial charge in [0.15, 0.2) is 0 Å². The van der Waals surface area contributed by atoms with Crippen LogP contribution in [0.3, 0.4) is 0 Å². The van der Waals surface area contributed by atoms with Crippen molar-refractivity contribution in [3.8, 4) is 0 Å². The van der Waals surface area contributed by atoms with E-state index in [1.54, 1.807) is 0 Å². The zero-order chi connectivity index (χ0) is 9.95. The van der Waals surface area contributed by atoms with Crippen LogP contribution in [0.5, 0.6) is 0 Å². The number of rotatable bonds is 4. The Labute approximate surface area is 82.6 Å². The monoisotopic (exact) mass is 228 g/mol. The lowest BCUT2D eigenvalue weighted by Crippen LogP contribution is -2.39. The van der Waals surface area contributed by atoms with E-state index in [4.69, 9.17) is 20.2 Å². The number of methoxy groups -OCH3 is 1. The molecular formula is C7H13ClO4S. The van der Waals surface area contributed by atoms with Crippen LogP contribution in [-0.4, -0.2) is 40.1 Å². The maximum absolute atomic E-state index is 10.9. The minimum atomic E-state index is -3.52. The smallest absolute Gasteiger partial charge is 0.235 e. The first-order valence-electron chi connectivity index (χ1n) is 4.03. The van der Waals surface area contributed by atoms with Crippen molar-refractivity contribution >= 4 is 19.7 Å². The fraction of sp³-hybridized carbons (Fsp3) is 1.00. The Hall–Kier alpha value is 0.160. The molecule has 0 radical (unpaired) electrons. The van der Waals surface area contributed by atoms with Crippen molar-refractivity contribution in [1.29, 1.82) is 0 Å². The van der Waals surface area contributed by atoms with Crippen LogP contribution in [0.4, 0.5) is 0 Å². The highest BCUT2D eigenvalue weighted by Gasteiger charge is 2.39. The first-order chi connectivity index (χ1) is 5.97. The fourth-order valence-electron chi connectivity index (χ4n) is 1.60. The molecule has 1 fully saturated rings. The van der Waals surface area contributed by atoms with Crippen LogP contribution in [0.25, 0.3) is 0 Å². The number of halogens is 1. The Balaban J connectivity index is 2.67. The normalized spacial score (nSPS) is 29.4. The van der Waals surface area contributed by atoms with E-state index in [0.717, 1.165) is 6.42 Å². The molecule has 1 unspecified atom stereocenters. The standard InChI is InChI=1S/C7H13ClO4S/c1-11-5-7(3-2-4-12-7)6-13(8,9)10/h2-6H2,1H3. The second kappa shape index (κ2) is 4.13. The van der Waals surface area contributed by atoms with Gasteiger partial charge in [-0.1, -0.05) is 0 Å². The second-order valence-electron chi connectivity index (χ2n) is 3.25. The number of ether oxygens (including phenoxy) is 2. The van der Waals surface area contributed by atoms with Crippen molar-refractivity contribution in [2.75, 3.05) is 26.1 Å². The molecule has 0 spiro atoms. The zero-order valence-electron chi connectivity index (χ0n) is 7.45. The molecule has 0 aliphatic carbocycles. The molecule has 1 saturated heterocycles. The lowest BCUT2D eigenvalue weighted by molar-refractivity contribution is -0.0350. The molecule has 0 aromatic carbocycles. The van der Waals surface area contributed by atoms with Gasteiger partial charge < -0.3 is 9.47 Å². The van der Waals surface area contributed by atoms with Crippen molar-refractivity contribution in [2.45, 2.75) is 18.4 Å². The molecule has 78 valence electrons. The average Bonchev–Trinajstić information content (AvgIpc) is 2.33. The molecule has 0 amide bonds. The van der Waals surface area contributed by atoms with E-state index >= 15 is 0 Å². The SMILES string of the molecule is COCC1(CS(=O)(=O)Cl)CCCO1. The van der Waals surface area contributed by atoms with E-state index < -0.39 is 14.7 Å². The Kier molecular flexibility index (Phi) is 3.57. The summed E-state index contributed by atoms with van der Waals surface area (Å²) < 4.78 is 32.1. The van der Waals surface area contributed by atoms with Gasteiger partial charge in [0.25, 0.3) is 0 Å². The molecular weight excluding hydrogens is 216 g/mol. The number of hydrogen-bond acceptors (Lipinski definition) is 4. The molecule has 1 aliphatic rings. The van der Waals surface area contributed by atoms with Gasteiger partial charge in [0, 0.05) is 24.4 Å².